The van der Waals surface area contributed by atoms with Gasteiger partial charge in [0.2, 0.25) is 0 Å². The Morgan fingerprint density at radius 1 is 0.800 bits per heavy atom. The molecule has 0 fully saturated rings. The Morgan fingerprint density at radius 3 is 2.02 bits per heavy atom. The van der Waals surface area contributed by atoms with Crippen LogP contribution in [-0.4, -0.2) is 44.0 Å². The second kappa shape index (κ2) is 13.1. The second-order valence-electron chi connectivity index (χ2n) is 8.59. The Hall–Kier alpha value is -5.15. The molecule has 0 atom stereocenters. The van der Waals surface area contributed by atoms with Crippen LogP contribution < -0.4 is 25.0 Å². The third-order valence-corrected chi connectivity index (χ3v) is 6.02. The van der Waals surface area contributed by atoms with Crippen LogP contribution in [-0.2, 0) is 15.2 Å². The molecule has 0 unspecified atom stereocenters. The van der Waals surface area contributed by atoms with E-state index in [2.05, 4.69) is 15.8 Å². The molecule has 4 aromatic carbocycles. The number of methoxy groups -OCH3 is 2. The predicted molar refractivity (Wildman–Crippen MR) is 152 cm³/mol. The molecule has 4 rings (SSSR count). The molecular weight excluding hydrogens is 510 g/mol. The molecule has 4 aromatic rings. The Morgan fingerprint density at radius 2 is 1.40 bits per heavy atom. The summed E-state index contributed by atoms with van der Waals surface area (Å²) in [6.07, 6.45) is 1.41. The summed E-state index contributed by atoms with van der Waals surface area (Å²) in [6, 6.07) is 29.3. The van der Waals surface area contributed by atoms with Gasteiger partial charge < -0.3 is 24.6 Å². The van der Waals surface area contributed by atoms with Crippen LogP contribution in [0.4, 0.5) is 5.69 Å². The number of nitrogens with one attached hydrogen (secondary N) is 2. The van der Waals surface area contributed by atoms with Crippen LogP contribution in [0.2, 0.25) is 0 Å². The average Bonchev–Trinajstić information content (AvgIpc) is 3.00. The molecule has 0 saturated carbocycles. The Balaban J connectivity index is 1.42. The minimum atomic E-state index is -1.94. The highest BCUT2D eigenvalue weighted by Gasteiger charge is 2.39. The zero-order chi connectivity index (χ0) is 28.4. The molecule has 0 aliphatic rings. The van der Waals surface area contributed by atoms with Gasteiger partial charge in [-0.2, -0.15) is 5.10 Å². The number of hydrogen-bond donors (Lipinski definition) is 3. The van der Waals surface area contributed by atoms with Crippen molar-refractivity contribution in [2.45, 2.75) is 5.60 Å². The van der Waals surface area contributed by atoms with Crippen LogP contribution >= 0.6 is 0 Å². The number of carbonyl (C=O) groups excluding carboxylic acids is 2. The van der Waals surface area contributed by atoms with Crippen molar-refractivity contribution in [2.24, 2.45) is 5.10 Å². The summed E-state index contributed by atoms with van der Waals surface area (Å²) in [4.78, 5) is 25.6. The maximum Gasteiger partial charge on any atom is 0.281 e. The molecule has 3 N–H and O–H groups in total. The molecule has 0 saturated heterocycles. The number of para-hydroxylation sites is 2. The number of aliphatic hydroxyl groups is 1. The van der Waals surface area contributed by atoms with Gasteiger partial charge >= 0.3 is 0 Å². The summed E-state index contributed by atoms with van der Waals surface area (Å²) in [5, 5.41) is 18.3. The Bertz CT molecular complexity index is 1440. The van der Waals surface area contributed by atoms with Crippen LogP contribution in [0.1, 0.15) is 16.7 Å². The van der Waals surface area contributed by atoms with E-state index in [-0.39, 0.29) is 12.5 Å². The van der Waals surface area contributed by atoms with Gasteiger partial charge in [-0.3, -0.25) is 9.59 Å². The number of anilines is 1. The van der Waals surface area contributed by atoms with Crippen LogP contribution in [0.5, 0.6) is 17.2 Å². The largest absolute Gasteiger partial charge is 0.495 e. The van der Waals surface area contributed by atoms with Crippen molar-refractivity contribution in [3.8, 4) is 17.2 Å². The summed E-state index contributed by atoms with van der Waals surface area (Å²) >= 11 is 0. The summed E-state index contributed by atoms with van der Waals surface area (Å²) in [5.41, 5.74) is 2.43. The number of ether oxygens (including phenoxy) is 3. The first-order chi connectivity index (χ1) is 19.5. The molecule has 0 aromatic heterocycles. The van der Waals surface area contributed by atoms with E-state index < -0.39 is 11.5 Å². The maximum absolute atomic E-state index is 13.2. The van der Waals surface area contributed by atoms with Crippen molar-refractivity contribution in [3.05, 3.63) is 120 Å². The van der Waals surface area contributed by atoms with Gasteiger partial charge in [0.25, 0.3) is 11.8 Å². The first kappa shape index (κ1) is 27.9. The van der Waals surface area contributed by atoms with Gasteiger partial charge in [-0.05, 0) is 47.0 Å². The number of carbonyl (C=O) groups is 2. The van der Waals surface area contributed by atoms with E-state index >= 15 is 0 Å². The maximum atomic E-state index is 13.2. The molecule has 2 amide bonds. The number of benzene rings is 4. The lowest BCUT2D eigenvalue weighted by atomic mass is 9.85. The minimum absolute atomic E-state index is 0.255. The first-order valence-electron chi connectivity index (χ1n) is 12.4. The molecule has 0 heterocycles. The Labute approximate surface area is 232 Å². The molecule has 0 aliphatic heterocycles. The van der Waals surface area contributed by atoms with E-state index in [0.717, 1.165) is 0 Å². The topological polar surface area (TPSA) is 118 Å². The molecule has 9 heteroatoms. The molecular formula is C31H29N3O6. The fourth-order valence-corrected chi connectivity index (χ4v) is 4.00. The number of hydrogen-bond acceptors (Lipinski definition) is 7. The van der Waals surface area contributed by atoms with Crippen molar-refractivity contribution in [2.75, 3.05) is 26.1 Å². The quantitative estimate of drug-likeness (QED) is 0.195. The lowest BCUT2D eigenvalue weighted by Crippen LogP contribution is -2.43. The van der Waals surface area contributed by atoms with Crippen molar-refractivity contribution >= 4 is 23.7 Å². The number of rotatable bonds is 11. The third-order valence-electron chi connectivity index (χ3n) is 6.02. The van der Waals surface area contributed by atoms with Crippen LogP contribution in [0.3, 0.4) is 0 Å². The van der Waals surface area contributed by atoms with Crippen molar-refractivity contribution < 1.29 is 28.9 Å². The van der Waals surface area contributed by atoms with Gasteiger partial charge in [-0.1, -0.05) is 72.8 Å². The summed E-state index contributed by atoms with van der Waals surface area (Å²) < 4.78 is 16.3. The SMILES string of the molecule is COc1ccccc1NC(=O)COc1ccc(/C=N\NC(=O)C(O)(c2ccccc2)c2ccccc2)cc1OC. The highest BCUT2D eigenvalue weighted by molar-refractivity contribution is 5.93. The highest BCUT2D eigenvalue weighted by Crippen LogP contribution is 2.30. The molecule has 0 aliphatic carbocycles. The average molecular weight is 540 g/mol. The van der Waals surface area contributed by atoms with Crippen molar-refractivity contribution in [1.82, 2.24) is 5.43 Å². The molecule has 0 spiro atoms. The van der Waals surface area contributed by atoms with Gasteiger partial charge in [0, 0.05) is 0 Å². The summed E-state index contributed by atoms with van der Waals surface area (Å²) in [5.74, 6) is 0.167. The third kappa shape index (κ3) is 6.46. The number of nitrogens with zero attached hydrogens (tertiary/aromatic N) is 1. The molecule has 0 bridgehead atoms. The molecule has 40 heavy (non-hydrogen) atoms. The smallest absolute Gasteiger partial charge is 0.281 e. The van der Waals surface area contributed by atoms with Gasteiger partial charge in [0.05, 0.1) is 26.1 Å². The predicted octanol–water partition coefficient (Wildman–Crippen LogP) is 4.11. The van der Waals surface area contributed by atoms with Crippen molar-refractivity contribution in [3.63, 3.8) is 0 Å². The van der Waals surface area contributed by atoms with E-state index in [1.54, 1.807) is 103 Å². The Kier molecular flexibility index (Phi) is 9.11. The van der Waals surface area contributed by atoms with E-state index in [0.29, 0.717) is 39.6 Å². The fourth-order valence-electron chi connectivity index (χ4n) is 4.00. The highest BCUT2D eigenvalue weighted by atomic mass is 16.5. The zero-order valence-electron chi connectivity index (χ0n) is 22.0. The number of hydrazone groups is 1. The second-order valence-corrected chi connectivity index (χ2v) is 8.59. The van der Waals surface area contributed by atoms with Crippen LogP contribution in [0.15, 0.2) is 108 Å². The van der Waals surface area contributed by atoms with Gasteiger partial charge in [-0.15, -0.1) is 0 Å². The summed E-state index contributed by atoms with van der Waals surface area (Å²) in [7, 11) is 3.00. The van der Waals surface area contributed by atoms with Gasteiger partial charge in [-0.25, -0.2) is 5.43 Å². The number of amides is 2. The molecule has 0 radical (unpaired) electrons. The lowest BCUT2D eigenvalue weighted by molar-refractivity contribution is -0.136. The summed E-state index contributed by atoms with van der Waals surface area (Å²) in [6.45, 7) is -0.255. The fraction of sp³-hybridized carbons (Fsp3) is 0.129. The molecule has 9 nitrogen and oxygen atoms in total. The first-order valence-corrected chi connectivity index (χ1v) is 12.4. The monoisotopic (exact) mass is 539 g/mol. The zero-order valence-corrected chi connectivity index (χ0v) is 22.0. The van der Waals surface area contributed by atoms with E-state index in [1.165, 1.54) is 20.4 Å². The van der Waals surface area contributed by atoms with E-state index in [9.17, 15) is 14.7 Å². The van der Waals surface area contributed by atoms with Gasteiger partial charge in [0.15, 0.2) is 23.7 Å². The molecule has 204 valence electrons. The normalized spacial score (nSPS) is 11.1. The standard InChI is InChI=1S/C31H29N3O6/c1-38-26-16-10-9-15-25(26)33-29(35)21-40-27-18-17-22(19-28(27)39-2)20-32-34-30(36)31(37,23-11-5-3-6-12-23)24-13-7-4-8-14-24/h3-20,37H,21H2,1-2H3,(H,33,35)(H,34,36)/b32-20-. The minimum Gasteiger partial charge on any atom is -0.495 e. The van der Waals surface area contributed by atoms with E-state index in [1.807, 2.05) is 0 Å². The van der Waals surface area contributed by atoms with Crippen LogP contribution in [0, 0.1) is 0 Å². The van der Waals surface area contributed by atoms with Crippen molar-refractivity contribution in [1.29, 1.82) is 0 Å². The van der Waals surface area contributed by atoms with Gasteiger partial charge in [0.1, 0.15) is 5.75 Å². The van der Waals surface area contributed by atoms with Crippen LogP contribution in [0.25, 0.3) is 0 Å². The lowest BCUT2D eigenvalue weighted by Gasteiger charge is -2.27. The van der Waals surface area contributed by atoms with E-state index in [4.69, 9.17) is 14.2 Å².